The van der Waals surface area contributed by atoms with Gasteiger partial charge < -0.3 is 15.2 Å². The van der Waals surface area contributed by atoms with Crippen LogP contribution in [-0.4, -0.2) is 23.7 Å². The van der Waals surface area contributed by atoms with Crippen LogP contribution in [0.15, 0.2) is 18.2 Å². The molecule has 2 heterocycles. The van der Waals surface area contributed by atoms with E-state index in [0.717, 1.165) is 36.3 Å². The van der Waals surface area contributed by atoms with Crippen molar-refractivity contribution in [2.45, 2.75) is 51.2 Å². The highest BCUT2D eigenvalue weighted by molar-refractivity contribution is 6.05. The number of nitrogens with one attached hydrogen (secondary N) is 1. The van der Waals surface area contributed by atoms with Gasteiger partial charge in [0.25, 0.3) is 0 Å². The van der Waals surface area contributed by atoms with Crippen molar-refractivity contribution in [1.29, 1.82) is 0 Å². The summed E-state index contributed by atoms with van der Waals surface area (Å²) in [6.07, 6.45) is 1.39. The highest BCUT2D eigenvalue weighted by Crippen LogP contribution is 2.41. The minimum Gasteiger partial charge on any atom is -0.388 e. The molecule has 1 aromatic rings. The number of ether oxygens (including phenoxy) is 1. The van der Waals surface area contributed by atoms with Crippen molar-refractivity contribution < 1.29 is 14.6 Å². The Bertz CT molecular complexity index is 567. The van der Waals surface area contributed by atoms with Crippen molar-refractivity contribution in [1.82, 2.24) is 0 Å². The Balaban J connectivity index is 1.91. The summed E-state index contributed by atoms with van der Waals surface area (Å²) in [7, 11) is 0. The normalized spacial score (nSPS) is 28.3. The smallest absolute Gasteiger partial charge is 0.234 e. The molecule has 3 atom stereocenters. The quantitative estimate of drug-likeness (QED) is 0.899. The third-order valence-electron chi connectivity index (χ3n) is 4.94. The summed E-state index contributed by atoms with van der Waals surface area (Å²) < 4.78 is 5.68. The number of aliphatic hydroxyl groups is 1. The van der Waals surface area contributed by atoms with E-state index in [0.29, 0.717) is 0 Å². The number of hydrogen-bond acceptors (Lipinski definition) is 3. The van der Waals surface area contributed by atoms with Gasteiger partial charge in [-0.3, -0.25) is 4.79 Å². The zero-order valence-corrected chi connectivity index (χ0v) is 12.8. The van der Waals surface area contributed by atoms with E-state index >= 15 is 0 Å². The number of rotatable bonds is 3. The van der Waals surface area contributed by atoms with Gasteiger partial charge in [-0.05, 0) is 43.9 Å². The van der Waals surface area contributed by atoms with Crippen molar-refractivity contribution in [3.63, 3.8) is 0 Å². The first kappa shape index (κ1) is 14.5. The topological polar surface area (TPSA) is 58.6 Å². The molecule has 21 heavy (non-hydrogen) atoms. The van der Waals surface area contributed by atoms with E-state index in [2.05, 4.69) is 12.2 Å². The first-order valence-corrected chi connectivity index (χ1v) is 7.70. The van der Waals surface area contributed by atoms with Gasteiger partial charge in [0.2, 0.25) is 5.91 Å². The van der Waals surface area contributed by atoms with Crippen LogP contribution in [0.4, 0.5) is 5.69 Å². The molecule has 4 nitrogen and oxygen atoms in total. The largest absolute Gasteiger partial charge is 0.388 e. The molecule has 0 spiro atoms. The van der Waals surface area contributed by atoms with Gasteiger partial charge >= 0.3 is 0 Å². The second-order valence-electron chi connectivity index (χ2n) is 6.60. The summed E-state index contributed by atoms with van der Waals surface area (Å²) in [6, 6.07) is 5.79. The van der Waals surface area contributed by atoms with Gasteiger partial charge in [-0.2, -0.15) is 0 Å². The molecule has 0 saturated carbocycles. The summed E-state index contributed by atoms with van der Waals surface area (Å²) in [6.45, 7) is 6.64. The number of aliphatic hydroxyl groups excluding tert-OH is 1. The molecule has 1 amide bonds. The molecule has 2 aliphatic rings. The molecule has 2 N–H and O–H groups in total. The number of carbonyl (C=O) groups excluding carboxylic acids is 1. The molecular weight excluding hydrogens is 266 g/mol. The maximum atomic E-state index is 12.0. The Kier molecular flexibility index (Phi) is 3.54. The molecule has 0 aromatic heterocycles. The Morgan fingerprint density at radius 1 is 1.48 bits per heavy atom. The second-order valence-corrected chi connectivity index (χ2v) is 6.60. The molecule has 4 heteroatoms. The third kappa shape index (κ3) is 2.27. The van der Waals surface area contributed by atoms with Crippen molar-refractivity contribution in [3.05, 3.63) is 29.3 Å². The number of amides is 1. The van der Waals surface area contributed by atoms with Gasteiger partial charge in [0.15, 0.2) is 0 Å². The molecule has 1 fully saturated rings. The molecular formula is C17H23NO3. The van der Waals surface area contributed by atoms with E-state index in [4.69, 9.17) is 4.74 Å². The number of hydrogen-bond donors (Lipinski definition) is 2. The predicted octanol–water partition coefficient (Wildman–Crippen LogP) is 2.76. The Morgan fingerprint density at radius 3 is 2.95 bits per heavy atom. The molecule has 1 saturated heterocycles. The maximum absolute atomic E-state index is 12.0. The van der Waals surface area contributed by atoms with Gasteiger partial charge in [-0.15, -0.1) is 0 Å². The summed E-state index contributed by atoms with van der Waals surface area (Å²) in [5.74, 6) is 0.154. The van der Waals surface area contributed by atoms with Crippen molar-refractivity contribution in [2.24, 2.45) is 5.92 Å². The monoisotopic (exact) mass is 289 g/mol. The number of carbonyl (C=O) groups is 1. The van der Waals surface area contributed by atoms with Crippen LogP contribution in [0.2, 0.25) is 0 Å². The van der Waals surface area contributed by atoms with Gasteiger partial charge in [0, 0.05) is 18.2 Å². The Hall–Kier alpha value is -1.39. The Labute approximate surface area is 125 Å². The average molecular weight is 289 g/mol. The minimum absolute atomic E-state index is 0.0137. The number of benzene rings is 1. The van der Waals surface area contributed by atoms with Crippen LogP contribution in [0.3, 0.4) is 0 Å². The first-order valence-electron chi connectivity index (χ1n) is 7.70. The molecule has 2 aliphatic heterocycles. The summed E-state index contributed by atoms with van der Waals surface area (Å²) in [5, 5.41) is 13.6. The first-order chi connectivity index (χ1) is 9.95. The van der Waals surface area contributed by atoms with Crippen LogP contribution < -0.4 is 5.32 Å². The van der Waals surface area contributed by atoms with Crippen molar-refractivity contribution in [3.8, 4) is 0 Å². The van der Waals surface area contributed by atoms with E-state index < -0.39 is 11.5 Å². The lowest BCUT2D eigenvalue weighted by Crippen LogP contribution is -2.27. The molecule has 0 aliphatic carbocycles. The van der Waals surface area contributed by atoms with Crippen LogP contribution in [-0.2, 0) is 14.9 Å². The van der Waals surface area contributed by atoms with E-state index in [9.17, 15) is 9.90 Å². The van der Waals surface area contributed by atoms with E-state index in [-0.39, 0.29) is 17.9 Å². The van der Waals surface area contributed by atoms with Crippen LogP contribution in [0.1, 0.15) is 50.8 Å². The van der Waals surface area contributed by atoms with Gasteiger partial charge in [0.05, 0.1) is 17.6 Å². The Morgan fingerprint density at radius 2 is 2.24 bits per heavy atom. The lowest BCUT2D eigenvalue weighted by atomic mass is 9.83. The molecule has 0 radical (unpaired) electrons. The van der Waals surface area contributed by atoms with Crippen molar-refractivity contribution in [2.75, 3.05) is 11.9 Å². The summed E-state index contributed by atoms with van der Waals surface area (Å²) in [4.78, 5) is 12.0. The zero-order chi connectivity index (χ0) is 15.2. The minimum atomic E-state index is -0.540. The van der Waals surface area contributed by atoms with Crippen molar-refractivity contribution >= 4 is 11.6 Å². The summed E-state index contributed by atoms with van der Waals surface area (Å²) >= 11 is 0. The average Bonchev–Trinajstić information content (AvgIpc) is 3.02. The van der Waals surface area contributed by atoms with E-state index in [1.54, 1.807) is 0 Å². The fraction of sp³-hybridized carbons (Fsp3) is 0.588. The predicted molar refractivity (Wildman–Crippen MR) is 81.2 cm³/mol. The molecule has 3 rings (SSSR count). The SMILES string of the molecule is CCC1OCCC1C(O)c1ccc2c(c1)C(C)(C)C(=O)N2. The lowest BCUT2D eigenvalue weighted by Gasteiger charge is -2.24. The van der Waals surface area contributed by atoms with E-state index in [1.807, 2.05) is 32.0 Å². The summed E-state index contributed by atoms with van der Waals surface area (Å²) in [5.41, 5.74) is 2.17. The van der Waals surface area contributed by atoms with Crippen LogP contribution in [0.5, 0.6) is 0 Å². The second kappa shape index (κ2) is 5.11. The highest BCUT2D eigenvalue weighted by Gasteiger charge is 2.40. The third-order valence-corrected chi connectivity index (χ3v) is 4.94. The molecule has 1 aromatic carbocycles. The molecule has 3 unspecified atom stereocenters. The fourth-order valence-electron chi connectivity index (χ4n) is 3.47. The van der Waals surface area contributed by atoms with E-state index in [1.165, 1.54) is 0 Å². The lowest BCUT2D eigenvalue weighted by molar-refractivity contribution is -0.119. The standard InChI is InChI=1S/C17H23NO3/c1-4-14-11(7-8-21-14)15(19)10-5-6-13-12(9-10)17(2,3)16(20)18-13/h5-6,9,11,14-15,19H,4,7-8H2,1-3H3,(H,18,20). The van der Waals surface area contributed by atoms with Gasteiger partial charge in [-0.25, -0.2) is 0 Å². The zero-order valence-electron chi connectivity index (χ0n) is 12.8. The molecule has 114 valence electrons. The maximum Gasteiger partial charge on any atom is 0.234 e. The van der Waals surface area contributed by atoms with Crippen LogP contribution >= 0.6 is 0 Å². The van der Waals surface area contributed by atoms with Gasteiger partial charge in [-0.1, -0.05) is 19.1 Å². The number of anilines is 1. The fourth-order valence-corrected chi connectivity index (χ4v) is 3.47. The van der Waals surface area contributed by atoms with Gasteiger partial charge in [0.1, 0.15) is 0 Å². The highest BCUT2D eigenvalue weighted by atomic mass is 16.5. The molecule has 0 bridgehead atoms. The van der Waals surface area contributed by atoms with Crippen LogP contribution in [0, 0.1) is 5.92 Å². The van der Waals surface area contributed by atoms with Crippen LogP contribution in [0.25, 0.3) is 0 Å². The number of fused-ring (bicyclic) bond motifs is 1.